The van der Waals surface area contributed by atoms with E-state index < -0.39 is 6.03 Å². The van der Waals surface area contributed by atoms with Crippen molar-refractivity contribution in [3.8, 4) is 0 Å². The molecule has 6 heteroatoms. The minimum absolute atomic E-state index is 0.00906. The lowest BCUT2D eigenvalue weighted by Crippen LogP contribution is -2.44. The maximum atomic E-state index is 13.0. The third-order valence-corrected chi connectivity index (χ3v) is 3.81. The molecule has 1 aromatic rings. The molecule has 5 nitrogen and oxygen atoms in total. The molecule has 1 aromatic carbocycles. The summed E-state index contributed by atoms with van der Waals surface area (Å²) in [6.07, 6.45) is 3.35. The lowest BCUT2D eigenvalue weighted by molar-refractivity contribution is -0.119. The van der Waals surface area contributed by atoms with Crippen molar-refractivity contribution in [2.45, 2.75) is 25.3 Å². The molecule has 1 fully saturated rings. The van der Waals surface area contributed by atoms with E-state index in [9.17, 15) is 14.0 Å². The van der Waals surface area contributed by atoms with Crippen molar-refractivity contribution in [1.82, 2.24) is 16.0 Å². The highest BCUT2D eigenvalue weighted by molar-refractivity contribution is 5.95. The van der Waals surface area contributed by atoms with E-state index in [1.54, 1.807) is 12.1 Å². The van der Waals surface area contributed by atoms with Crippen LogP contribution < -0.4 is 16.0 Å². The molecule has 1 aliphatic rings. The zero-order valence-corrected chi connectivity index (χ0v) is 12.0. The monoisotopic (exact) mass is 293 g/mol. The smallest absolute Gasteiger partial charge is 0.321 e. The Morgan fingerprint density at radius 3 is 2.48 bits per heavy atom. The van der Waals surface area contributed by atoms with E-state index in [2.05, 4.69) is 16.0 Å². The van der Waals surface area contributed by atoms with Gasteiger partial charge in [0.25, 0.3) is 0 Å². The zero-order valence-electron chi connectivity index (χ0n) is 12.0. The summed E-state index contributed by atoms with van der Waals surface area (Å²) in [5.41, 5.74) is 0.967. The number of nitrogens with one attached hydrogen (secondary N) is 3. The van der Waals surface area contributed by atoms with E-state index in [1.165, 1.54) is 25.6 Å². The van der Waals surface area contributed by atoms with E-state index in [1.807, 2.05) is 0 Å². The summed E-state index contributed by atoms with van der Waals surface area (Å²) in [7, 11) is 1.45. The lowest BCUT2D eigenvalue weighted by Gasteiger charge is -2.34. The molecule has 1 atom stereocenters. The fourth-order valence-corrected chi connectivity index (χ4v) is 2.44. The van der Waals surface area contributed by atoms with Gasteiger partial charge in [-0.2, -0.15) is 0 Å². The van der Waals surface area contributed by atoms with Crippen LogP contribution in [-0.2, 0) is 4.79 Å². The second kappa shape index (κ2) is 7.17. The number of halogens is 1. The summed E-state index contributed by atoms with van der Waals surface area (Å²) < 4.78 is 13.0. The SMILES string of the molecule is CNC(=O)NC(=O)CN[C@H](c1ccc(F)cc1)C1CCC1. The molecule has 114 valence electrons. The van der Waals surface area contributed by atoms with Gasteiger partial charge < -0.3 is 10.6 Å². The van der Waals surface area contributed by atoms with Crippen molar-refractivity contribution < 1.29 is 14.0 Å². The fourth-order valence-electron chi connectivity index (χ4n) is 2.44. The molecule has 3 amide bonds. The molecule has 0 bridgehead atoms. The topological polar surface area (TPSA) is 70.2 Å². The number of urea groups is 1. The summed E-state index contributed by atoms with van der Waals surface area (Å²) in [5.74, 6) is -0.215. The van der Waals surface area contributed by atoms with Gasteiger partial charge in [0.15, 0.2) is 0 Å². The maximum Gasteiger partial charge on any atom is 0.321 e. The van der Waals surface area contributed by atoms with Gasteiger partial charge in [-0.1, -0.05) is 18.6 Å². The average molecular weight is 293 g/mol. The Kier molecular flexibility index (Phi) is 5.27. The highest BCUT2D eigenvalue weighted by Gasteiger charge is 2.28. The number of hydrogen-bond acceptors (Lipinski definition) is 3. The van der Waals surface area contributed by atoms with Gasteiger partial charge >= 0.3 is 6.03 Å². The highest BCUT2D eigenvalue weighted by atomic mass is 19.1. The van der Waals surface area contributed by atoms with Crippen LogP contribution in [0.2, 0.25) is 0 Å². The van der Waals surface area contributed by atoms with Crippen LogP contribution in [0.15, 0.2) is 24.3 Å². The van der Waals surface area contributed by atoms with Crippen LogP contribution in [0.25, 0.3) is 0 Å². The summed E-state index contributed by atoms with van der Waals surface area (Å²) in [5, 5.41) is 7.71. The fraction of sp³-hybridized carbons (Fsp3) is 0.467. The van der Waals surface area contributed by atoms with Crippen molar-refractivity contribution in [1.29, 1.82) is 0 Å². The quantitative estimate of drug-likeness (QED) is 0.774. The van der Waals surface area contributed by atoms with Crippen molar-refractivity contribution in [3.05, 3.63) is 35.6 Å². The van der Waals surface area contributed by atoms with Crippen LogP contribution in [0.1, 0.15) is 30.9 Å². The summed E-state index contributed by atoms with van der Waals surface area (Å²) in [4.78, 5) is 22.7. The van der Waals surface area contributed by atoms with Crippen LogP contribution in [0, 0.1) is 11.7 Å². The van der Waals surface area contributed by atoms with Gasteiger partial charge in [0, 0.05) is 13.1 Å². The van der Waals surface area contributed by atoms with Gasteiger partial charge in [0.1, 0.15) is 5.82 Å². The number of rotatable bonds is 5. The molecule has 1 saturated carbocycles. The van der Waals surface area contributed by atoms with Crippen molar-refractivity contribution in [2.24, 2.45) is 5.92 Å². The van der Waals surface area contributed by atoms with Gasteiger partial charge in [0.2, 0.25) is 5.91 Å². The van der Waals surface area contributed by atoms with E-state index in [-0.39, 0.29) is 24.3 Å². The first kappa shape index (κ1) is 15.4. The Balaban J connectivity index is 1.95. The van der Waals surface area contributed by atoms with Crippen LogP contribution in [0.4, 0.5) is 9.18 Å². The van der Waals surface area contributed by atoms with E-state index >= 15 is 0 Å². The van der Waals surface area contributed by atoms with Gasteiger partial charge in [-0.05, 0) is 36.5 Å². The van der Waals surface area contributed by atoms with E-state index in [4.69, 9.17) is 0 Å². The molecule has 0 aliphatic heterocycles. The largest absolute Gasteiger partial charge is 0.341 e. The van der Waals surface area contributed by atoms with Crippen LogP contribution in [0.3, 0.4) is 0 Å². The predicted octanol–water partition coefficient (Wildman–Crippen LogP) is 1.71. The molecular formula is C15H20FN3O2. The molecule has 0 aromatic heterocycles. The molecule has 2 rings (SSSR count). The third-order valence-electron chi connectivity index (χ3n) is 3.81. The first-order valence-corrected chi connectivity index (χ1v) is 7.10. The lowest BCUT2D eigenvalue weighted by atomic mass is 9.77. The molecule has 3 N–H and O–H groups in total. The third kappa shape index (κ3) is 4.26. The Morgan fingerprint density at radius 1 is 1.29 bits per heavy atom. The molecule has 0 unspecified atom stereocenters. The number of carbonyl (C=O) groups is 2. The van der Waals surface area contributed by atoms with Crippen molar-refractivity contribution in [3.63, 3.8) is 0 Å². The summed E-state index contributed by atoms with van der Waals surface area (Å²) in [6.45, 7) is 0.0476. The first-order chi connectivity index (χ1) is 10.1. The maximum absolute atomic E-state index is 13.0. The van der Waals surface area contributed by atoms with Crippen molar-refractivity contribution in [2.75, 3.05) is 13.6 Å². The average Bonchev–Trinajstić information content (AvgIpc) is 2.42. The minimum atomic E-state index is -0.524. The zero-order chi connectivity index (χ0) is 15.2. The molecule has 1 aliphatic carbocycles. The molecule has 0 saturated heterocycles. The molecule has 21 heavy (non-hydrogen) atoms. The van der Waals surface area contributed by atoms with Crippen molar-refractivity contribution >= 4 is 11.9 Å². The van der Waals surface area contributed by atoms with Crippen LogP contribution in [-0.4, -0.2) is 25.5 Å². The van der Waals surface area contributed by atoms with Gasteiger partial charge in [0.05, 0.1) is 6.54 Å². The second-order valence-electron chi connectivity index (χ2n) is 5.23. The van der Waals surface area contributed by atoms with Gasteiger partial charge in [-0.3, -0.25) is 10.1 Å². The predicted molar refractivity (Wildman–Crippen MR) is 77.1 cm³/mol. The number of amides is 3. The molecular weight excluding hydrogens is 273 g/mol. The Hall–Kier alpha value is -1.95. The van der Waals surface area contributed by atoms with E-state index in [0.717, 1.165) is 18.4 Å². The molecule has 0 heterocycles. The van der Waals surface area contributed by atoms with Crippen LogP contribution in [0.5, 0.6) is 0 Å². The van der Waals surface area contributed by atoms with Gasteiger partial charge in [-0.15, -0.1) is 0 Å². The Bertz CT molecular complexity index is 500. The first-order valence-electron chi connectivity index (χ1n) is 7.10. The molecule has 0 radical (unpaired) electrons. The van der Waals surface area contributed by atoms with Gasteiger partial charge in [-0.25, -0.2) is 9.18 Å². The minimum Gasteiger partial charge on any atom is -0.341 e. The Labute approximate surface area is 123 Å². The summed E-state index contributed by atoms with van der Waals surface area (Å²) in [6, 6.07) is 5.81. The number of hydrogen-bond donors (Lipinski definition) is 3. The number of benzene rings is 1. The standard InChI is InChI=1S/C15H20FN3O2/c1-17-15(21)19-13(20)9-18-14(10-3-2-4-10)11-5-7-12(16)8-6-11/h5-8,10,14,18H,2-4,9H2,1H3,(H2,17,19,20,21)/t14-/m0/s1. The number of carbonyl (C=O) groups excluding carboxylic acids is 2. The number of imide groups is 1. The molecule has 0 spiro atoms. The van der Waals surface area contributed by atoms with E-state index in [0.29, 0.717) is 5.92 Å². The Morgan fingerprint density at radius 2 is 1.95 bits per heavy atom. The summed E-state index contributed by atoms with van der Waals surface area (Å²) >= 11 is 0. The highest BCUT2D eigenvalue weighted by Crippen LogP contribution is 2.37. The normalized spacial score (nSPS) is 15.9. The second-order valence-corrected chi connectivity index (χ2v) is 5.23. The van der Waals surface area contributed by atoms with Crippen LogP contribution >= 0.6 is 0 Å².